The number of rotatable bonds is 4. The summed E-state index contributed by atoms with van der Waals surface area (Å²) < 4.78 is 5.86. The van der Waals surface area contributed by atoms with Gasteiger partial charge in [-0.15, -0.1) is 0 Å². The van der Waals surface area contributed by atoms with Crippen molar-refractivity contribution in [3.63, 3.8) is 0 Å². The van der Waals surface area contributed by atoms with E-state index in [9.17, 15) is 0 Å². The van der Waals surface area contributed by atoms with Gasteiger partial charge in [0, 0.05) is 17.1 Å². The number of hydrogen-bond donors (Lipinski definition) is 2. The molecule has 0 fully saturated rings. The van der Waals surface area contributed by atoms with Gasteiger partial charge >= 0.3 is 0 Å². The third kappa shape index (κ3) is 2.87. The van der Waals surface area contributed by atoms with E-state index in [1.54, 1.807) is 0 Å². The molecule has 0 aliphatic carbocycles. The summed E-state index contributed by atoms with van der Waals surface area (Å²) in [5, 5.41) is 11.7. The first-order chi connectivity index (χ1) is 11.4. The maximum atomic E-state index is 5.86. The molecule has 0 atom stereocenters. The van der Waals surface area contributed by atoms with Crippen molar-refractivity contribution in [2.45, 2.75) is 0 Å². The Balaban J connectivity index is 1.59. The number of nitrogens with zero attached hydrogens (tertiary/aromatic N) is 1. The Morgan fingerprint density at radius 3 is 2.48 bits per heavy atom. The summed E-state index contributed by atoms with van der Waals surface area (Å²) >= 11 is 0. The Hall–Kier alpha value is -3.27. The number of fused-ring (bicyclic) bond motifs is 1. The fraction of sp³-hybridized carbons (Fsp3) is 0. The van der Waals surface area contributed by atoms with Gasteiger partial charge in [0.05, 0.1) is 5.52 Å². The van der Waals surface area contributed by atoms with E-state index < -0.39 is 0 Å². The largest absolute Gasteiger partial charge is 0.457 e. The zero-order valence-electron chi connectivity index (χ0n) is 12.4. The van der Waals surface area contributed by atoms with Crippen LogP contribution in [0.4, 0.5) is 11.5 Å². The Kier molecular flexibility index (Phi) is 3.41. The van der Waals surface area contributed by atoms with Crippen molar-refractivity contribution in [3.05, 3.63) is 78.9 Å². The molecule has 1 heterocycles. The zero-order valence-corrected chi connectivity index (χ0v) is 12.4. The Morgan fingerprint density at radius 2 is 1.57 bits per heavy atom. The second-order valence-electron chi connectivity index (χ2n) is 5.19. The molecule has 112 valence electrons. The molecule has 4 nitrogen and oxygen atoms in total. The Labute approximate surface area is 133 Å². The number of ether oxygens (including phenoxy) is 1. The number of H-pyrrole nitrogens is 1. The first kappa shape index (κ1) is 13.4. The Bertz CT molecular complexity index is 931. The third-order valence-electron chi connectivity index (χ3n) is 3.55. The number of nitrogens with one attached hydrogen (secondary N) is 2. The van der Waals surface area contributed by atoms with Crippen LogP contribution in [0.3, 0.4) is 0 Å². The summed E-state index contributed by atoms with van der Waals surface area (Å²) in [6.45, 7) is 0. The lowest BCUT2D eigenvalue weighted by Crippen LogP contribution is -1.92. The third-order valence-corrected chi connectivity index (χ3v) is 3.55. The topological polar surface area (TPSA) is 49.9 Å². The van der Waals surface area contributed by atoms with E-state index in [0.717, 1.165) is 33.9 Å². The molecule has 0 saturated carbocycles. The van der Waals surface area contributed by atoms with E-state index in [0.29, 0.717) is 0 Å². The minimum absolute atomic E-state index is 0.779. The molecule has 0 bridgehead atoms. The summed E-state index contributed by atoms with van der Waals surface area (Å²) in [6, 6.07) is 25.6. The lowest BCUT2D eigenvalue weighted by atomic mass is 10.2. The van der Waals surface area contributed by atoms with Crippen LogP contribution in [-0.4, -0.2) is 10.2 Å². The van der Waals surface area contributed by atoms with Gasteiger partial charge in [-0.25, -0.2) is 0 Å². The fourth-order valence-electron chi connectivity index (χ4n) is 2.46. The number of anilines is 2. The van der Waals surface area contributed by atoms with Gasteiger partial charge in [0.1, 0.15) is 11.5 Å². The van der Waals surface area contributed by atoms with Crippen LogP contribution < -0.4 is 10.1 Å². The summed E-state index contributed by atoms with van der Waals surface area (Å²) in [5.74, 6) is 2.40. The predicted molar refractivity (Wildman–Crippen MR) is 92.3 cm³/mol. The van der Waals surface area contributed by atoms with E-state index >= 15 is 0 Å². The maximum Gasteiger partial charge on any atom is 0.160 e. The second kappa shape index (κ2) is 5.85. The van der Waals surface area contributed by atoms with Crippen molar-refractivity contribution in [1.29, 1.82) is 0 Å². The smallest absolute Gasteiger partial charge is 0.160 e. The van der Waals surface area contributed by atoms with Gasteiger partial charge < -0.3 is 10.1 Å². The number of aromatic nitrogens is 2. The summed E-state index contributed by atoms with van der Waals surface area (Å²) in [5.41, 5.74) is 1.93. The van der Waals surface area contributed by atoms with Crippen molar-refractivity contribution in [2.75, 3.05) is 5.32 Å². The molecule has 4 heteroatoms. The predicted octanol–water partition coefficient (Wildman–Crippen LogP) is 5.10. The highest BCUT2D eigenvalue weighted by atomic mass is 16.5. The molecule has 0 saturated heterocycles. The van der Waals surface area contributed by atoms with E-state index in [1.165, 1.54) is 0 Å². The average molecular weight is 301 g/mol. The number of hydrogen-bond acceptors (Lipinski definition) is 3. The van der Waals surface area contributed by atoms with Gasteiger partial charge in [-0.1, -0.05) is 36.4 Å². The lowest BCUT2D eigenvalue weighted by Gasteiger charge is -2.08. The van der Waals surface area contributed by atoms with Gasteiger partial charge in [0.25, 0.3) is 0 Å². The molecule has 1 aromatic heterocycles. The number of para-hydroxylation sites is 2. The van der Waals surface area contributed by atoms with Crippen LogP contribution in [0.5, 0.6) is 11.5 Å². The minimum Gasteiger partial charge on any atom is -0.457 e. The van der Waals surface area contributed by atoms with Crippen LogP contribution >= 0.6 is 0 Å². The van der Waals surface area contributed by atoms with Gasteiger partial charge in [-0.3, -0.25) is 5.10 Å². The highest BCUT2D eigenvalue weighted by Crippen LogP contribution is 2.27. The van der Waals surface area contributed by atoms with Crippen LogP contribution in [0.25, 0.3) is 10.9 Å². The average Bonchev–Trinajstić information content (AvgIpc) is 2.99. The van der Waals surface area contributed by atoms with Gasteiger partial charge in [0.15, 0.2) is 5.82 Å². The van der Waals surface area contributed by atoms with E-state index in [2.05, 4.69) is 15.5 Å². The molecule has 0 aliphatic heterocycles. The van der Waals surface area contributed by atoms with Gasteiger partial charge in [-0.05, 0) is 36.4 Å². The molecule has 0 spiro atoms. The molecule has 0 amide bonds. The standard InChI is InChI=1S/C19H15N3O/c1-2-8-15(9-3-1)23-16-10-6-7-14(13-16)20-19-17-11-4-5-12-18(17)21-22-19/h1-13H,(H2,20,21,22). The van der Waals surface area contributed by atoms with Crippen molar-refractivity contribution >= 4 is 22.4 Å². The molecule has 0 aliphatic rings. The van der Waals surface area contributed by atoms with Crippen LogP contribution in [0.2, 0.25) is 0 Å². The molecule has 0 unspecified atom stereocenters. The van der Waals surface area contributed by atoms with Crippen LogP contribution in [0.15, 0.2) is 78.9 Å². The van der Waals surface area contributed by atoms with Crippen molar-refractivity contribution in [1.82, 2.24) is 10.2 Å². The molecule has 23 heavy (non-hydrogen) atoms. The quantitative estimate of drug-likeness (QED) is 0.551. The summed E-state index contributed by atoms with van der Waals surface area (Å²) in [4.78, 5) is 0. The van der Waals surface area contributed by atoms with Crippen molar-refractivity contribution in [2.24, 2.45) is 0 Å². The van der Waals surface area contributed by atoms with Crippen LogP contribution in [-0.2, 0) is 0 Å². The number of aromatic amines is 1. The monoisotopic (exact) mass is 301 g/mol. The van der Waals surface area contributed by atoms with E-state index in [4.69, 9.17) is 4.74 Å². The molecule has 3 aromatic carbocycles. The van der Waals surface area contributed by atoms with Crippen LogP contribution in [0.1, 0.15) is 0 Å². The second-order valence-corrected chi connectivity index (χ2v) is 5.19. The molecule has 2 N–H and O–H groups in total. The van der Waals surface area contributed by atoms with E-state index in [-0.39, 0.29) is 0 Å². The minimum atomic E-state index is 0.779. The molecular weight excluding hydrogens is 286 g/mol. The highest BCUT2D eigenvalue weighted by molar-refractivity contribution is 5.91. The SMILES string of the molecule is c1ccc(Oc2cccc(Nc3n[nH]c4ccccc34)c2)cc1. The highest BCUT2D eigenvalue weighted by Gasteiger charge is 2.05. The molecule has 4 rings (SSSR count). The summed E-state index contributed by atoms with van der Waals surface area (Å²) in [6.07, 6.45) is 0. The zero-order chi connectivity index (χ0) is 15.5. The summed E-state index contributed by atoms with van der Waals surface area (Å²) in [7, 11) is 0. The first-order valence-electron chi connectivity index (χ1n) is 7.41. The van der Waals surface area contributed by atoms with E-state index in [1.807, 2.05) is 78.9 Å². The lowest BCUT2D eigenvalue weighted by molar-refractivity contribution is 0.483. The fourth-order valence-corrected chi connectivity index (χ4v) is 2.46. The van der Waals surface area contributed by atoms with Crippen LogP contribution in [0, 0.1) is 0 Å². The first-order valence-corrected chi connectivity index (χ1v) is 7.41. The molecule has 0 radical (unpaired) electrons. The number of benzene rings is 3. The molecular formula is C19H15N3O. The molecule has 4 aromatic rings. The van der Waals surface area contributed by atoms with Crippen molar-refractivity contribution in [3.8, 4) is 11.5 Å². The van der Waals surface area contributed by atoms with Crippen molar-refractivity contribution < 1.29 is 4.74 Å². The Morgan fingerprint density at radius 1 is 0.783 bits per heavy atom. The van der Waals surface area contributed by atoms with Gasteiger partial charge in [0.2, 0.25) is 0 Å². The van der Waals surface area contributed by atoms with Gasteiger partial charge in [-0.2, -0.15) is 5.10 Å². The normalized spacial score (nSPS) is 10.6. The maximum absolute atomic E-state index is 5.86.